The van der Waals surface area contributed by atoms with Crippen molar-refractivity contribution < 1.29 is 18.0 Å². The first-order valence-corrected chi connectivity index (χ1v) is 5.83. The number of carbonyl (C=O) groups is 1. The largest absolute Gasteiger partial charge is 0.471 e. The van der Waals surface area contributed by atoms with E-state index in [4.69, 9.17) is 0 Å². The molecule has 1 saturated heterocycles. The molecule has 6 heteroatoms. The minimum Gasteiger partial charge on any atom is -0.329 e. The quantitative estimate of drug-likeness (QED) is 0.812. The highest BCUT2D eigenvalue weighted by Gasteiger charge is 2.45. The summed E-state index contributed by atoms with van der Waals surface area (Å²) < 4.78 is 37.2. The van der Waals surface area contributed by atoms with Crippen LogP contribution >= 0.6 is 0 Å². The molecule has 1 aliphatic rings. The lowest BCUT2D eigenvalue weighted by Gasteiger charge is -2.39. The molecule has 17 heavy (non-hydrogen) atoms. The van der Waals surface area contributed by atoms with Crippen molar-refractivity contribution in [2.45, 2.75) is 45.5 Å². The monoisotopic (exact) mass is 252 g/mol. The van der Waals surface area contributed by atoms with E-state index in [-0.39, 0.29) is 12.6 Å². The first-order chi connectivity index (χ1) is 7.71. The van der Waals surface area contributed by atoms with Crippen molar-refractivity contribution in [1.29, 1.82) is 0 Å². The normalized spacial score (nSPS) is 26.4. The van der Waals surface area contributed by atoms with E-state index in [0.29, 0.717) is 12.5 Å². The van der Waals surface area contributed by atoms with Crippen LogP contribution in [-0.2, 0) is 4.79 Å². The zero-order valence-corrected chi connectivity index (χ0v) is 10.3. The van der Waals surface area contributed by atoms with Crippen LogP contribution in [0.3, 0.4) is 0 Å². The van der Waals surface area contributed by atoms with Crippen LogP contribution in [0.4, 0.5) is 13.2 Å². The predicted molar refractivity (Wildman–Crippen MR) is 58.5 cm³/mol. The van der Waals surface area contributed by atoms with E-state index < -0.39 is 18.1 Å². The Morgan fingerprint density at radius 2 is 2.06 bits per heavy atom. The van der Waals surface area contributed by atoms with Crippen molar-refractivity contribution in [3.8, 4) is 0 Å². The minimum atomic E-state index is -4.77. The van der Waals surface area contributed by atoms with Crippen LogP contribution in [0.15, 0.2) is 0 Å². The maximum Gasteiger partial charge on any atom is 0.471 e. The number of nitrogens with one attached hydrogen (secondary N) is 1. The fourth-order valence-electron chi connectivity index (χ4n) is 2.10. The number of nitrogens with zero attached hydrogens (tertiary/aromatic N) is 1. The van der Waals surface area contributed by atoms with E-state index in [0.717, 1.165) is 11.3 Å². The number of hydrogen-bond acceptors (Lipinski definition) is 2. The minimum absolute atomic E-state index is 0.0440. The van der Waals surface area contributed by atoms with Crippen molar-refractivity contribution in [3.63, 3.8) is 0 Å². The summed E-state index contributed by atoms with van der Waals surface area (Å²) >= 11 is 0. The Kier molecular flexibility index (Phi) is 4.41. The number of piperazine rings is 1. The molecule has 1 heterocycles. The maximum absolute atomic E-state index is 12.4. The second kappa shape index (κ2) is 5.25. The van der Waals surface area contributed by atoms with Crippen molar-refractivity contribution in [2.24, 2.45) is 5.92 Å². The number of alkyl halides is 3. The molecule has 0 aliphatic carbocycles. The van der Waals surface area contributed by atoms with E-state index in [1.807, 2.05) is 13.8 Å². The third-order valence-corrected chi connectivity index (χ3v) is 2.91. The SMILES string of the molecule is CC(C)CC1CN(C(=O)C(F)(F)F)C(C)CN1. The van der Waals surface area contributed by atoms with E-state index in [9.17, 15) is 18.0 Å². The van der Waals surface area contributed by atoms with Gasteiger partial charge in [0.25, 0.3) is 0 Å². The molecule has 1 N–H and O–H groups in total. The summed E-state index contributed by atoms with van der Waals surface area (Å²) in [6.45, 7) is 6.20. The molecule has 1 fully saturated rings. The highest BCUT2D eigenvalue weighted by Crippen LogP contribution is 2.22. The van der Waals surface area contributed by atoms with Crippen LogP contribution in [-0.4, -0.2) is 42.2 Å². The molecule has 2 unspecified atom stereocenters. The topological polar surface area (TPSA) is 32.3 Å². The summed E-state index contributed by atoms with van der Waals surface area (Å²) in [5, 5.41) is 3.18. The Morgan fingerprint density at radius 1 is 1.47 bits per heavy atom. The average Bonchev–Trinajstić information content (AvgIpc) is 2.18. The first-order valence-electron chi connectivity index (χ1n) is 5.83. The molecule has 3 nitrogen and oxygen atoms in total. The van der Waals surface area contributed by atoms with Gasteiger partial charge >= 0.3 is 12.1 Å². The van der Waals surface area contributed by atoms with Crippen molar-refractivity contribution in [2.75, 3.05) is 13.1 Å². The molecule has 1 amide bonds. The summed E-state index contributed by atoms with van der Waals surface area (Å²) in [5.41, 5.74) is 0. The standard InChI is InChI=1S/C11H19F3N2O/c1-7(2)4-9-6-16(8(3)5-15-9)10(17)11(12,13)14/h7-9,15H,4-6H2,1-3H3. The number of halogens is 3. The number of carbonyl (C=O) groups excluding carboxylic acids is 1. The summed E-state index contributed by atoms with van der Waals surface area (Å²) in [7, 11) is 0. The lowest BCUT2D eigenvalue weighted by atomic mass is 10.00. The van der Waals surface area contributed by atoms with Crippen LogP contribution in [0.5, 0.6) is 0 Å². The Bertz CT molecular complexity index is 278. The molecular formula is C11H19F3N2O. The molecular weight excluding hydrogens is 233 g/mol. The second-order valence-corrected chi connectivity index (χ2v) is 5.04. The summed E-state index contributed by atoms with van der Waals surface area (Å²) in [5.74, 6) is -1.33. The van der Waals surface area contributed by atoms with Crippen molar-refractivity contribution in [1.82, 2.24) is 10.2 Å². The molecule has 0 radical (unpaired) electrons. The van der Waals surface area contributed by atoms with E-state index >= 15 is 0 Å². The molecule has 0 aromatic rings. The van der Waals surface area contributed by atoms with Gasteiger partial charge in [0.2, 0.25) is 0 Å². The third kappa shape index (κ3) is 3.87. The van der Waals surface area contributed by atoms with Gasteiger partial charge in [-0.05, 0) is 19.3 Å². The van der Waals surface area contributed by atoms with E-state index in [2.05, 4.69) is 5.32 Å². The molecule has 2 atom stereocenters. The molecule has 0 saturated carbocycles. The van der Waals surface area contributed by atoms with Gasteiger partial charge in [-0.1, -0.05) is 13.8 Å². The summed E-state index contributed by atoms with van der Waals surface area (Å²) in [6, 6.07) is -0.454. The highest BCUT2D eigenvalue weighted by molar-refractivity contribution is 5.82. The fraction of sp³-hybridized carbons (Fsp3) is 0.909. The number of amides is 1. The zero-order chi connectivity index (χ0) is 13.2. The molecule has 1 rings (SSSR count). The average molecular weight is 252 g/mol. The van der Waals surface area contributed by atoms with Crippen LogP contribution in [0.2, 0.25) is 0 Å². The highest BCUT2D eigenvalue weighted by atomic mass is 19.4. The van der Waals surface area contributed by atoms with Crippen LogP contribution in [0, 0.1) is 5.92 Å². The summed E-state index contributed by atoms with van der Waals surface area (Å²) in [6.07, 6.45) is -4.00. The van der Waals surface area contributed by atoms with Gasteiger partial charge in [0, 0.05) is 25.2 Å². The second-order valence-electron chi connectivity index (χ2n) is 5.04. The van der Waals surface area contributed by atoms with Gasteiger partial charge in [-0.25, -0.2) is 0 Å². The van der Waals surface area contributed by atoms with Gasteiger partial charge < -0.3 is 10.2 Å². The van der Waals surface area contributed by atoms with Gasteiger partial charge in [0.1, 0.15) is 0 Å². The van der Waals surface area contributed by atoms with Crippen molar-refractivity contribution >= 4 is 5.91 Å². The lowest BCUT2D eigenvalue weighted by molar-refractivity contribution is -0.189. The smallest absolute Gasteiger partial charge is 0.329 e. The predicted octanol–water partition coefficient (Wildman–Crippen LogP) is 1.78. The van der Waals surface area contributed by atoms with Gasteiger partial charge in [0.05, 0.1) is 0 Å². The van der Waals surface area contributed by atoms with Gasteiger partial charge in [-0.2, -0.15) is 13.2 Å². The summed E-state index contributed by atoms with van der Waals surface area (Å²) in [4.78, 5) is 12.2. The number of hydrogen-bond donors (Lipinski definition) is 1. The van der Waals surface area contributed by atoms with Crippen LogP contribution in [0.25, 0.3) is 0 Å². The molecule has 100 valence electrons. The molecule has 1 aliphatic heterocycles. The van der Waals surface area contributed by atoms with Gasteiger partial charge in [-0.3, -0.25) is 4.79 Å². The van der Waals surface area contributed by atoms with Gasteiger partial charge in [0.15, 0.2) is 0 Å². The first kappa shape index (κ1) is 14.3. The van der Waals surface area contributed by atoms with Crippen LogP contribution < -0.4 is 5.32 Å². The Labute approximate surface area is 99.4 Å². The Morgan fingerprint density at radius 3 is 2.53 bits per heavy atom. The molecule has 0 aromatic carbocycles. The zero-order valence-electron chi connectivity index (χ0n) is 10.3. The lowest BCUT2D eigenvalue weighted by Crippen LogP contribution is -2.59. The van der Waals surface area contributed by atoms with E-state index in [1.54, 1.807) is 6.92 Å². The molecule has 0 aromatic heterocycles. The van der Waals surface area contributed by atoms with Crippen LogP contribution in [0.1, 0.15) is 27.2 Å². The molecule has 0 spiro atoms. The maximum atomic E-state index is 12.4. The molecule has 0 bridgehead atoms. The van der Waals surface area contributed by atoms with E-state index in [1.165, 1.54) is 0 Å². The fourth-order valence-corrected chi connectivity index (χ4v) is 2.10. The Balaban J connectivity index is 2.67. The van der Waals surface area contributed by atoms with Gasteiger partial charge in [-0.15, -0.1) is 0 Å². The third-order valence-electron chi connectivity index (χ3n) is 2.91. The van der Waals surface area contributed by atoms with Crippen molar-refractivity contribution in [3.05, 3.63) is 0 Å². The number of rotatable bonds is 2. The Hall–Kier alpha value is -0.780.